The predicted octanol–water partition coefficient (Wildman–Crippen LogP) is 5.01. The summed E-state index contributed by atoms with van der Waals surface area (Å²) in [5.41, 5.74) is 2.70. The van der Waals surface area contributed by atoms with Crippen LogP contribution in [0.5, 0.6) is 0 Å². The fourth-order valence-electron chi connectivity index (χ4n) is 2.26. The molecule has 1 amide bonds. The average Bonchev–Trinajstić information content (AvgIpc) is 2.50. The molecule has 0 atom stereocenters. The van der Waals surface area contributed by atoms with Crippen LogP contribution in [0.15, 0.2) is 60.7 Å². The Hall–Kier alpha value is -1.88. The Morgan fingerprint density at radius 1 is 1.00 bits per heavy atom. The minimum Gasteiger partial charge on any atom is -0.321 e. The maximum atomic E-state index is 12.4. The van der Waals surface area contributed by atoms with E-state index in [1.54, 1.807) is 0 Å². The third-order valence-corrected chi connectivity index (χ3v) is 4.63. The van der Waals surface area contributed by atoms with E-state index in [1.165, 1.54) is 5.56 Å². The molecule has 0 saturated heterocycles. The van der Waals surface area contributed by atoms with Gasteiger partial charge in [-0.3, -0.25) is 4.79 Å². The Morgan fingerprint density at radius 2 is 1.76 bits per heavy atom. The first-order valence-electron chi connectivity index (χ1n) is 6.70. The fraction of sp³-hybridized carbons (Fsp3) is 0.0556. The molecule has 21 heavy (non-hydrogen) atoms. The molecule has 0 aliphatic rings. The minimum atomic E-state index is -0.0794. The molecule has 0 saturated carbocycles. The van der Waals surface area contributed by atoms with E-state index >= 15 is 0 Å². The van der Waals surface area contributed by atoms with Gasteiger partial charge < -0.3 is 5.32 Å². The lowest BCUT2D eigenvalue weighted by molar-refractivity contribution is 0.102. The van der Waals surface area contributed by atoms with E-state index in [1.807, 2.05) is 67.6 Å². The predicted molar refractivity (Wildman–Crippen MR) is 95.8 cm³/mol. The van der Waals surface area contributed by atoms with Gasteiger partial charge in [0.2, 0.25) is 0 Å². The highest BCUT2D eigenvalue weighted by Crippen LogP contribution is 2.24. The summed E-state index contributed by atoms with van der Waals surface area (Å²) < 4.78 is 1.10. The number of hydrogen-bond acceptors (Lipinski definition) is 1. The molecule has 3 aromatic carbocycles. The van der Waals surface area contributed by atoms with Crippen LogP contribution in [0.4, 0.5) is 5.69 Å². The van der Waals surface area contributed by atoms with Crippen LogP contribution in [-0.2, 0) is 0 Å². The molecule has 0 aromatic heterocycles. The molecule has 0 spiro atoms. The standard InChI is InChI=1S/C18H14INO/c1-12-9-10-14(11-16(12)19)18(21)20-17-8-4-6-13-5-2-3-7-15(13)17/h2-11H,1H3,(H,20,21). The van der Waals surface area contributed by atoms with E-state index in [4.69, 9.17) is 0 Å². The second-order valence-corrected chi connectivity index (χ2v) is 6.11. The quantitative estimate of drug-likeness (QED) is 0.616. The Morgan fingerprint density at radius 3 is 2.57 bits per heavy atom. The maximum Gasteiger partial charge on any atom is 0.255 e. The molecule has 3 rings (SSSR count). The Labute approximate surface area is 137 Å². The van der Waals surface area contributed by atoms with E-state index in [0.29, 0.717) is 5.56 Å². The third-order valence-electron chi connectivity index (χ3n) is 3.47. The largest absolute Gasteiger partial charge is 0.321 e. The van der Waals surface area contributed by atoms with Gasteiger partial charge in [0.1, 0.15) is 0 Å². The lowest BCUT2D eigenvalue weighted by atomic mass is 10.1. The average molecular weight is 387 g/mol. The highest BCUT2D eigenvalue weighted by Gasteiger charge is 2.09. The number of carbonyl (C=O) groups is 1. The molecule has 3 heteroatoms. The van der Waals surface area contributed by atoms with Crippen LogP contribution in [-0.4, -0.2) is 5.91 Å². The van der Waals surface area contributed by atoms with E-state index < -0.39 is 0 Å². The molecule has 104 valence electrons. The molecule has 0 unspecified atom stereocenters. The monoisotopic (exact) mass is 387 g/mol. The second-order valence-electron chi connectivity index (χ2n) is 4.94. The van der Waals surface area contributed by atoms with Gasteiger partial charge in [0.15, 0.2) is 0 Å². The topological polar surface area (TPSA) is 29.1 Å². The Bertz CT molecular complexity index is 821. The maximum absolute atomic E-state index is 12.4. The summed E-state index contributed by atoms with van der Waals surface area (Å²) in [4.78, 5) is 12.4. The van der Waals surface area contributed by atoms with Crippen molar-refractivity contribution in [2.45, 2.75) is 6.92 Å². The summed E-state index contributed by atoms with van der Waals surface area (Å²) in [6.45, 7) is 2.04. The lowest BCUT2D eigenvalue weighted by Gasteiger charge is -2.09. The smallest absolute Gasteiger partial charge is 0.255 e. The van der Waals surface area contributed by atoms with Gasteiger partial charge in [-0.05, 0) is 58.7 Å². The van der Waals surface area contributed by atoms with E-state index in [0.717, 1.165) is 20.0 Å². The molecule has 0 aliphatic carbocycles. The van der Waals surface area contributed by atoms with Gasteiger partial charge in [0, 0.05) is 20.2 Å². The minimum absolute atomic E-state index is 0.0794. The summed E-state index contributed by atoms with van der Waals surface area (Å²) in [5, 5.41) is 5.18. The second kappa shape index (κ2) is 5.85. The van der Waals surface area contributed by atoms with Crippen molar-refractivity contribution < 1.29 is 4.79 Å². The molecule has 3 aromatic rings. The normalized spacial score (nSPS) is 10.6. The molecule has 0 fully saturated rings. The molecule has 0 heterocycles. The van der Waals surface area contributed by atoms with Crippen molar-refractivity contribution in [2.75, 3.05) is 5.32 Å². The van der Waals surface area contributed by atoms with Crippen LogP contribution in [0.1, 0.15) is 15.9 Å². The highest BCUT2D eigenvalue weighted by molar-refractivity contribution is 14.1. The third kappa shape index (κ3) is 2.93. The zero-order valence-electron chi connectivity index (χ0n) is 11.6. The van der Waals surface area contributed by atoms with Crippen molar-refractivity contribution in [1.82, 2.24) is 0 Å². The number of hydrogen-bond donors (Lipinski definition) is 1. The van der Waals surface area contributed by atoms with Crippen LogP contribution >= 0.6 is 22.6 Å². The van der Waals surface area contributed by atoms with Crippen molar-refractivity contribution >= 4 is 45.0 Å². The number of aryl methyl sites for hydroxylation is 1. The summed E-state index contributed by atoms with van der Waals surface area (Å²) in [6, 6.07) is 19.7. The first-order chi connectivity index (χ1) is 10.1. The summed E-state index contributed by atoms with van der Waals surface area (Å²) >= 11 is 2.25. The van der Waals surface area contributed by atoms with E-state index in [-0.39, 0.29) is 5.91 Å². The Balaban J connectivity index is 1.94. The first-order valence-corrected chi connectivity index (χ1v) is 7.78. The zero-order valence-corrected chi connectivity index (χ0v) is 13.7. The van der Waals surface area contributed by atoms with Crippen molar-refractivity contribution in [3.63, 3.8) is 0 Å². The van der Waals surface area contributed by atoms with Crippen LogP contribution < -0.4 is 5.32 Å². The zero-order chi connectivity index (χ0) is 14.8. The van der Waals surface area contributed by atoms with Crippen molar-refractivity contribution in [3.05, 3.63) is 75.4 Å². The number of benzene rings is 3. The van der Waals surface area contributed by atoms with Gasteiger partial charge in [0.05, 0.1) is 0 Å². The number of amides is 1. The van der Waals surface area contributed by atoms with Gasteiger partial charge in [-0.2, -0.15) is 0 Å². The summed E-state index contributed by atoms with van der Waals surface area (Å²) in [5.74, 6) is -0.0794. The molecule has 0 bridgehead atoms. The van der Waals surface area contributed by atoms with Crippen LogP contribution in [0, 0.1) is 10.5 Å². The number of rotatable bonds is 2. The van der Waals surface area contributed by atoms with Crippen molar-refractivity contribution in [3.8, 4) is 0 Å². The SMILES string of the molecule is Cc1ccc(C(=O)Nc2cccc3ccccc23)cc1I. The molecular formula is C18H14INO. The molecular weight excluding hydrogens is 373 g/mol. The van der Waals surface area contributed by atoms with Gasteiger partial charge in [-0.25, -0.2) is 0 Å². The van der Waals surface area contributed by atoms with Gasteiger partial charge >= 0.3 is 0 Å². The first kappa shape index (κ1) is 14.1. The molecule has 2 nitrogen and oxygen atoms in total. The van der Waals surface area contributed by atoms with Gasteiger partial charge in [0.25, 0.3) is 5.91 Å². The number of halogens is 1. The van der Waals surface area contributed by atoms with Crippen LogP contribution in [0.25, 0.3) is 10.8 Å². The number of fused-ring (bicyclic) bond motifs is 1. The lowest BCUT2D eigenvalue weighted by Crippen LogP contribution is -2.12. The molecule has 0 aliphatic heterocycles. The Kier molecular flexibility index (Phi) is 3.92. The van der Waals surface area contributed by atoms with Crippen molar-refractivity contribution in [1.29, 1.82) is 0 Å². The summed E-state index contributed by atoms with van der Waals surface area (Å²) in [7, 11) is 0. The molecule has 0 radical (unpaired) electrons. The number of anilines is 1. The van der Waals surface area contributed by atoms with E-state index in [2.05, 4.69) is 27.9 Å². The number of nitrogens with one attached hydrogen (secondary N) is 1. The van der Waals surface area contributed by atoms with Gasteiger partial charge in [-0.1, -0.05) is 42.5 Å². The number of carbonyl (C=O) groups excluding carboxylic acids is 1. The van der Waals surface area contributed by atoms with Crippen molar-refractivity contribution in [2.24, 2.45) is 0 Å². The van der Waals surface area contributed by atoms with Gasteiger partial charge in [-0.15, -0.1) is 0 Å². The van der Waals surface area contributed by atoms with E-state index in [9.17, 15) is 4.79 Å². The fourth-order valence-corrected chi connectivity index (χ4v) is 2.78. The highest BCUT2D eigenvalue weighted by atomic mass is 127. The summed E-state index contributed by atoms with van der Waals surface area (Å²) in [6.07, 6.45) is 0. The molecule has 1 N–H and O–H groups in total. The van der Waals surface area contributed by atoms with Crippen LogP contribution in [0.2, 0.25) is 0 Å². The van der Waals surface area contributed by atoms with Crippen LogP contribution in [0.3, 0.4) is 0 Å².